The number of rotatable bonds is 7. The van der Waals surface area contributed by atoms with Gasteiger partial charge in [-0.15, -0.1) is 0 Å². The van der Waals surface area contributed by atoms with Gasteiger partial charge in [0.05, 0.1) is 25.2 Å². The lowest BCUT2D eigenvalue weighted by atomic mass is 10.1. The minimum absolute atomic E-state index is 0.0652. The molecule has 0 aliphatic carbocycles. The van der Waals surface area contributed by atoms with Crippen molar-refractivity contribution in [2.45, 2.75) is 57.0 Å². The van der Waals surface area contributed by atoms with E-state index in [-0.39, 0.29) is 30.6 Å². The molecule has 2 heterocycles. The summed E-state index contributed by atoms with van der Waals surface area (Å²) in [6.45, 7) is 3.27. The molecule has 0 radical (unpaired) electrons. The summed E-state index contributed by atoms with van der Waals surface area (Å²) in [4.78, 5) is 25.1. The standard InChI is InChI=1S/C15H25NO6/c1-10(22-9-12-4-3-5-21-12)15(19)16-8-13(20-2)6-11(16)7-14(17)18/h10-13H,3-9H2,1-2H3,(H,17,18). The van der Waals surface area contributed by atoms with Gasteiger partial charge in [-0.2, -0.15) is 0 Å². The highest BCUT2D eigenvalue weighted by molar-refractivity contribution is 5.82. The van der Waals surface area contributed by atoms with Gasteiger partial charge in [0.2, 0.25) is 0 Å². The summed E-state index contributed by atoms with van der Waals surface area (Å²) in [5.41, 5.74) is 0. The van der Waals surface area contributed by atoms with Crippen LogP contribution in [-0.2, 0) is 23.8 Å². The summed E-state index contributed by atoms with van der Waals surface area (Å²) < 4.78 is 16.4. The van der Waals surface area contributed by atoms with Gasteiger partial charge in [0.25, 0.3) is 5.91 Å². The van der Waals surface area contributed by atoms with Crippen LogP contribution in [0, 0.1) is 0 Å². The van der Waals surface area contributed by atoms with Crippen molar-refractivity contribution >= 4 is 11.9 Å². The molecule has 2 fully saturated rings. The van der Waals surface area contributed by atoms with Crippen LogP contribution in [0.2, 0.25) is 0 Å². The highest BCUT2D eigenvalue weighted by Gasteiger charge is 2.38. The van der Waals surface area contributed by atoms with Crippen molar-refractivity contribution in [3.8, 4) is 0 Å². The number of nitrogens with zero attached hydrogens (tertiary/aromatic N) is 1. The van der Waals surface area contributed by atoms with E-state index in [1.165, 1.54) is 0 Å². The topological polar surface area (TPSA) is 85.3 Å². The molecule has 22 heavy (non-hydrogen) atoms. The predicted molar refractivity (Wildman–Crippen MR) is 77.6 cm³/mol. The van der Waals surface area contributed by atoms with Crippen LogP contribution in [0.1, 0.15) is 32.6 Å². The van der Waals surface area contributed by atoms with Gasteiger partial charge in [-0.05, 0) is 26.2 Å². The summed E-state index contributed by atoms with van der Waals surface area (Å²) in [6, 6.07) is -0.330. The van der Waals surface area contributed by atoms with Gasteiger partial charge in [-0.3, -0.25) is 9.59 Å². The summed E-state index contributed by atoms with van der Waals surface area (Å²) in [6.07, 6.45) is 1.82. The van der Waals surface area contributed by atoms with E-state index in [0.29, 0.717) is 19.6 Å². The van der Waals surface area contributed by atoms with Crippen LogP contribution in [-0.4, -0.2) is 73.1 Å². The number of ether oxygens (including phenoxy) is 3. The summed E-state index contributed by atoms with van der Waals surface area (Å²) in [5, 5.41) is 8.99. The fraction of sp³-hybridized carbons (Fsp3) is 0.867. The molecule has 2 saturated heterocycles. The van der Waals surface area contributed by atoms with Crippen molar-refractivity contribution in [2.75, 3.05) is 26.9 Å². The summed E-state index contributed by atoms with van der Waals surface area (Å²) in [7, 11) is 1.58. The second-order valence-electron chi connectivity index (χ2n) is 5.95. The molecule has 0 aromatic rings. The van der Waals surface area contributed by atoms with Crippen LogP contribution in [0.15, 0.2) is 0 Å². The van der Waals surface area contributed by atoms with E-state index >= 15 is 0 Å². The Balaban J connectivity index is 1.88. The number of likely N-dealkylation sites (tertiary alicyclic amines) is 1. The van der Waals surface area contributed by atoms with E-state index in [4.69, 9.17) is 19.3 Å². The average molecular weight is 315 g/mol. The first-order valence-electron chi connectivity index (χ1n) is 7.79. The van der Waals surface area contributed by atoms with Crippen molar-refractivity contribution in [3.05, 3.63) is 0 Å². The van der Waals surface area contributed by atoms with Crippen molar-refractivity contribution in [3.63, 3.8) is 0 Å². The lowest BCUT2D eigenvalue weighted by Crippen LogP contribution is -2.43. The van der Waals surface area contributed by atoms with Gasteiger partial charge in [0, 0.05) is 26.3 Å². The number of hydrogen-bond donors (Lipinski definition) is 1. The maximum Gasteiger partial charge on any atom is 0.305 e. The zero-order valence-corrected chi connectivity index (χ0v) is 13.2. The van der Waals surface area contributed by atoms with Crippen LogP contribution in [0.4, 0.5) is 0 Å². The number of hydrogen-bond acceptors (Lipinski definition) is 5. The van der Waals surface area contributed by atoms with Gasteiger partial charge >= 0.3 is 5.97 Å². The molecule has 126 valence electrons. The number of amides is 1. The maximum atomic E-state index is 12.5. The molecule has 2 aliphatic rings. The summed E-state index contributed by atoms with van der Waals surface area (Å²) >= 11 is 0. The smallest absolute Gasteiger partial charge is 0.305 e. The molecule has 0 aromatic heterocycles. The largest absolute Gasteiger partial charge is 0.481 e. The Morgan fingerprint density at radius 3 is 2.82 bits per heavy atom. The first-order valence-corrected chi connectivity index (χ1v) is 7.79. The van der Waals surface area contributed by atoms with Crippen molar-refractivity contribution in [1.29, 1.82) is 0 Å². The Bertz CT molecular complexity index is 395. The zero-order chi connectivity index (χ0) is 16.1. The third kappa shape index (κ3) is 4.41. The SMILES string of the molecule is COC1CC(CC(=O)O)N(C(=O)C(C)OCC2CCCO2)C1. The minimum atomic E-state index is -0.910. The number of aliphatic carboxylic acids is 1. The van der Waals surface area contributed by atoms with E-state index in [9.17, 15) is 9.59 Å². The molecule has 0 aromatic carbocycles. The summed E-state index contributed by atoms with van der Waals surface area (Å²) in [5.74, 6) is -1.09. The molecular weight excluding hydrogens is 290 g/mol. The molecule has 4 unspecified atom stereocenters. The van der Waals surface area contributed by atoms with Crippen molar-refractivity contribution < 1.29 is 28.9 Å². The Kier molecular flexibility index (Phi) is 6.16. The highest BCUT2D eigenvalue weighted by atomic mass is 16.5. The number of carboxylic acids is 1. The van der Waals surface area contributed by atoms with Crippen molar-refractivity contribution in [2.24, 2.45) is 0 Å². The molecule has 4 atom stereocenters. The molecular formula is C15H25NO6. The van der Waals surface area contributed by atoms with E-state index < -0.39 is 12.1 Å². The third-order valence-corrected chi connectivity index (χ3v) is 4.31. The molecule has 0 spiro atoms. The van der Waals surface area contributed by atoms with Gasteiger partial charge in [-0.1, -0.05) is 0 Å². The first kappa shape index (κ1) is 17.2. The van der Waals surface area contributed by atoms with Gasteiger partial charge in [0.1, 0.15) is 6.10 Å². The Labute approximate surface area is 130 Å². The predicted octanol–water partition coefficient (Wildman–Crippen LogP) is 0.661. The Morgan fingerprint density at radius 2 is 2.23 bits per heavy atom. The third-order valence-electron chi connectivity index (χ3n) is 4.31. The fourth-order valence-corrected chi connectivity index (χ4v) is 3.04. The number of carbonyl (C=O) groups is 2. The Morgan fingerprint density at radius 1 is 1.45 bits per heavy atom. The molecule has 7 nitrogen and oxygen atoms in total. The van der Waals surface area contributed by atoms with Crippen LogP contribution >= 0.6 is 0 Å². The van der Waals surface area contributed by atoms with Crippen molar-refractivity contribution in [1.82, 2.24) is 4.90 Å². The highest BCUT2D eigenvalue weighted by Crippen LogP contribution is 2.24. The van der Waals surface area contributed by atoms with Gasteiger partial charge in [-0.25, -0.2) is 0 Å². The van der Waals surface area contributed by atoms with E-state index in [0.717, 1.165) is 19.4 Å². The number of carboxylic acid groups (broad SMARTS) is 1. The van der Waals surface area contributed by atoms with E-state index in [1.807, 2.05) is 0 Å². The zero-order valence-electron chi connectivity index (χ0n) is 13.2. The second-order valence-corrected chi connectivity index (χ2v) is 5.95. The quantitative estimate of drug-likeness (QED) is 0.743. The number of methoxy groups -OCH3 is 1. The molecule has 1 amide bonds. The van der Waals surface area contributed by atoms with Crippen LogP contribution in [0.25, 0.3) is 0 Å². The average Bonchev–Trinajstić information content (AvgIpc) is 3.12. The fourth-order valence-electron chi connectivity index (χ4n) is 3.04. The molecule has 2 aliphatic heterocycles. The molecule has 2 rings (SSSR count). The van der Waals surface area contributed by atoms with Crippen LogP contribution in [0.3, 0.4) is 0 Å². The van der Waals surface area contributed by atoms with Crippen LogP contribution in [0.5, 0.6) is 0 Å². The van der Waals surface area contributed by atoms with Gasteiger partial charge < -0.3 is 24.2 Å². The maximum absolute atomic E-state index is 12.5. The normalized spacial score (nSPS) is 29.7. The van der Waals surface area contributed by atoms with E-state index in [2.05, 4.69) is 0 Å². The minimum Gasteiger partial charge on any atom is -0.481 e. The molecule has 7 heteroatoms. The first-order chi connectivity index (χ1) is 10.5. The molecule has 0 saturated carbocycles. The monoisotopic (exact) mass is 315 g/mol. The number of carbonyl (C=O) groups excluding carboxylic acids is 1. The second kappa shape index (κ2) is 7.89. The van der Waals surface area contributed by atoms with E-state index in [1.54, 1.807) is 18.9 Å². The Hall–Kier alpha value is -1.18. The molecule has 0 bridgehead atoms. The van der Waals surface area contributed by atoms with Crippen LogP contribution < -0.4 is 0 Å². The lowest BCUT2D eigenvalue weighted by molar-refractivity contribution is -0.147. The lowest BCUT2D eigenvalue weighted by Gasteiger charge is -2.26. The molecule has 1 N–H and O–H groups in total. The van der Waals surface area contributed by atoms with Gasteiger partial charge in [0.15, 0.2) is 0 Å².